The van der Waals surface area contributed by atoms with Crippen molar-refractivity contribution in [1.82, 2.24) is 29.6 Å². The Morgan fingerprint density at radius 3 is 2.33 bits per heavy atom. The average Bonchev–Trinajstić information content (AvgIpc) is 3.41. The molecule has 0 saturated carbocycles. The Balaban J connectivity index is 1.77. The lowest BCUT2D eigenvalue weighted by Crippen LogP contribution is -2.29. The van der Waals surface area contributed by atoms with E-state index in [1.165, 1.54) is 14.2 Å². The number of hydrogen-bond donors (Lipinski definition) is 1. The molecule has 1 fully saturated rings. The van der Waals surface area contributed by atoms with Gasteiger partial charge in [0.05, 0.1) is 25.5 Å². The summed E-state index contributed by atoms with van der Waals surface area (Å²) in [5.74, 6) is 1.57. The molecule has 1 saturated heterocycles. The quantitative estimate of drug-likeness (QED) is 0.453. The van der Waals surface area contributed by atoms with Crippen molar-refractivity contribution in [2.24, 2.45) is 0 Å². The number of methoxy groups -OCH3 is 2. The van der Waals surface area contributed by atoms with Crippen LogP contribution in [0.2, 0.25) is 0 Å². The molecule has 1 amide bonds. The van der Waals surface area contributed by atoms with Crippen LogP contribution in [0.1, 0.15) is 43.0 Å². The first kappa shape index (κ1) is 25.4. The number of nitrogens with one attached hydrogen (secondary N) is 1. The molecule has 4 rings (SSSR count). The molecule has 3 aromatic rings. The minimum atomic E-state index is -3.94. The summed E-state index contributed by atoms with van der Waals surface area (Å²) in [6.07, 6.45) is 4.26. The van der Waals surface area contributed by atoms with Crippen molar-refractivity contribution in [3.63, 3.8) is 0 Å². The Bertz CT molecular complexity index is 1340. The van der Waals surface area contributed by atoms with Gasteiger partial charge in [0.15, 0.2) is 5.82 Å². The maximum absolute atomic E-state index is 13.3. The highest BCUT2D eigenvalue weighted by molar-refractivity contribution is 7.93. The van der Waals surface area contributed by atoms with Crippen LogP contribution in [0.3, 0.4) is 0 Å². The first-order chi connectivity index (χ1) is 17.2. The fourth-order valence-electron chi connectivity index (χ4n) is 4.08. The number of rotatable bonds is 9. The normalized spacial score (nSPS) is 16.8. The second-order valence-corrected chi connectivity index (χ2v) is 10.7. The van der Waals surface area contributed by atoms with E-state index in [-0.39, 0.29) is 18.3 Å². The Hall–Kier alpha value is -3.74. The van der Waals surface area contributed by atoms with Gasteiger partial charge in [-0.25, -0.2) is 18.4 Å². The number of carbonyl (C=O) groups is 1. The van der Waals surface area contributed by atoms with Crippen LogP contribution in [0.15, 0.2) is 30.6 Å². The van der Waals surface area contributed by atoms with E-state index < -0.39 is 21.3 Å². The number of sulfonamides is 1. The predicted molar refractivity (Wildman–Crippen MR) is 132 cm³/mol. The molecule has 36 heavy (non-hydrogen) atoms. The van der Waals surface area contributed by atoms with Gasteiger partial charge in [-0.05, 0) is 38.0 Å². The molecule has 0 radical (unpaired) electrons. The highest BCUT2D eigenvalue weighted by Gasteiger charge is 2.36. The summed E-state index contributed by atoms with van der Waals surface area (Å²) in [5.41, 5.74) is 1.30. The number of nitrogens with zero attached hydrogens (tertiary/aromatic N) is 6. The van der Waals surface area contributed by atoms with Gasteiger partial charge < -0.3 is 14.4 Å². The third-order valence-corrected chi connectivity index (χ3v) is 7.86. The summed E-state index contributed by atoms with van der Waals surface area (Å²) in [4.78, 5) is 22.3. The fraction of sp³-hybridized carbons (Fsp3) is 0.435. The summed E-state index contributed by atoms with van der Waals surface area (Å²) in [5, 5.41) is 7.61. The smallest absolute Gasteiger partial charge is 0.243 e. The first-order valence-corrected chi connectivity index (χ1v) is 12.9. The molecule has 13 heteroatoms. The van der Waals surface area contributed by atoms with Crippen LogP contribution in [-0.4, -0.2) is 70.5 Å². The van der Waals surface area contributed by atoms with Crippen molar-refractivity contribution >= 4 is 21.9 Å². The number of amides is 1. The number of para-hydroxylation sites is 1. The van der Waals surface area contributed by atoms with Gasteiger partial charge in [-0.2, -0.15) is 0 Å². The summed E-state index contributed by atoms with van der Waals surface area (Å²) < 4.78 is 41.9. The zero-order chi connectivity index (χ0) is 26.0. The van der Waals surface area contributed by atoms with Gasteiger partial charge in [0.2, 0.25) is 21.9 Å². The van der Waals surface area contributed by atoms with E-state index in [4.69, 9.17) is 9.47 Å². The van der Waals surface area contributed by atoms with Crippen molar-refractivity contribution in [2.45, 2.75) is 44.4 Å². The van der Waals surface area contributed by atoms with Crippen molar-refractivity contribution in [1.29, 1.82) is 0 Å². The largest absolute Gasteiger partial charge is 0.494 e. The first-order valence-electron chi connectivity index (χ1n) is 11.4. The summed E-state index contributed by atoms with van der Waals surface area (Å²) in [7, 11) is 0.747. The Labute approximate surface area is 209 Å². The standard InChI is InChI=1S/C23H29N7O5S/c1-14-12-24-19(25-13-14)11-15(2)36(32,33)28-23-27-26-22(16-9-10-20(31)29(16)3)30(23)21-17(34-4)7-6-8-18(21)35-5/h6-8,12-13,15-16H,9-11H2,1-5H3,(H,27,28)/t15-,16-/m0/s1. The minimum Gasteiger partial charge on any atom is -0.494 e. The third kappa shape index (κ3) is 4.83. The van der Waals surface area contributed by atoms with Gasteiger partial charge in [-0.3, -0.25) is 14.1 Å². The lowest BCUT2D eigenvalue weighted by atomic mass is 10.2. The number of ether oxygens (including phenoxy) is 2. The van der Waals surface area contributed by atoms with E-state index >= 15 is 0 Å². The lowest BCUT2D eigenvalue weighted by molar-refractivity contribution is -0.127. The van der Waals surface area contributed by atoms with Crippen LogP contribution >= 0.6 is 0 Å². The number of aryl methyl sites for hydroxylation is 1. The van der Waals surface area contributed by atoms with Crippen molar-refractivity contribution in [2.75, 3.05) is 26.0 Å². The number of anilines is 1. The van der Waals surface area contributed by atoms with Gasteiger partial charge in [0, 0.05) is 32.3 Å². The number of carbonyl (C=O) groups excluding carboxylic acids is 1. The topological polar surface area (TPSA) is 141 Å². The van der Waals surface area contributed by atoms with E-state index in [0.29, 0.717) is 41.7 Å². The maximum Gasteiger partial charge on any atom is 0.243 e. The average molecular weight is 516 g/mol. The highest BCUT2D eigenvalue weighted by atomic mass is 32.2. The molecule has 12 nitrogen and oxygen atoms in total. The van der Waals surface area contributed by atoms with E-state index in [2.05, 4.69) is 24.9 Å². The van der Waals surface area contributed by atoms with Crippen molar-refractivity contribution in [3.8, 4) is 17.2 Å². The monoisotopic (exact) mass is 515 g/mol. The SMILES string of the molecule is COc1cccc(OC)c1-n1c(NS(=O)(=O)[C@@H](C)Cc2ncc(C)cn2)nnc1[C@@H]1CCC(=O)N1C. The van der Waals surface area contributed by atoms with E-state index in [0.717, 1.165) is 5.56 Å². The van der Waals surface area contributed by atoms with Gasteiger partial charge in [-0.1, -0.05) is 6.07 Å². The molecule has 1 N–H and O–H groups in total. The molecule has 0 unspecified atom stereocenters. The molecular formula is C23H29N7O5S. The second kappa shape index (κ2) is 10.1. The fourth-order valence-corrected chi connectivity index (χ4v) is 5.03. The van der Waals surface area contributed by atoms with Gasteiger partial charge in [0.1, 0.15) is 23.0 Å². The molecular weight excluding hydrogens is 486 g/mol. The lowest BCUT2D eigenvalue weighted by Gasteiger charge is -2.23. The van der Waals surface area contributed by atoms with Crippen LogP contribution in [-0.2, 0) is 21.2 Å². The number of likely N-dealkylation sites (tertiary alicyclic amines) is 1. The second-order valence-electron chi connectivity index (χ2n) is 8.63. The van der Waals surface area contributed by atoms with Crippen molar-refractivity contribution < 1.29 is 22.7 Å². The molecule has 1 aromatic carbocycles. The molecule has 1 aliphatic rings. The summed E-state index contributed by atoms with van der Waals surface area (Å²) in [6, 6.07) is 4.79. The molecule has 0 aliphatic carbocycles. The molecule has 2 aromatic heterocycles. The number of aromatic nitrogens is 5. The van der Waals surface area contributed by atoms with E-state index in [9.17, 15) is 13.2 Å². The number of hydrogen-bond acceptors (Lipinski definition) is 9. The molecule has 0 bridgehead atoms. The van der Waals surface area contributed by atoms with E-state index in [1.54, 1.807) is 54.0 Å². The van der Waals surface area contributed by atoms with Gasteiger partial charge >= 0.3 is 0 Å². The Kier molecular flexibility index (Phi) is 7.11. The Morgan fingerprint density at radius 1 is 1.14 bits per heavy atom. The zero-order valence-corrected chi connectivity index (χ0v) is 21.6. The third-order valence-electron chi connectivity index (χ3n) is 6.17. The van der Waals surface area contributed by atoms with Crippen LogP contribution in [0, 0.1) is 6.92 Å². The molecule has 0 spiro atoms. The van der Waals surface area contributed by atoms with Crippen LogP contribution in [0.4, 0.5) is 5.95 Å². The minimum absolute atomic E-state index is 0.0320. The summed E-state index contributed by atoms with van der Waals surface area (Å²) in [6.45, 7) is 3.43. The zero-order valence-electron chi connectivity index (χ0n) is 20.8. The molecule has 192 valence electrons. The molecule has 3 heterocycles. The number of benzene rings is 1. The van der Waals surface area contributed by atoms with Crippen LogP contribution < -0.4 is 14.2 Å². The van der Waals surface area contributed by atoms with Crippen LogP contribution in [0.5, 0.6) is 11.5 Å². The van der Waals surface area contributed by atoms with E-state index in [1.807, 2.05) is 6.92 Å². The predicted octanol–water partition coefficient (Wildman–Crippen LogP) is 2.05. The highest BCUT2D eigenvalue weighted by Crippen LogP contribution is 2.39. The van der Waals surface area contributed by atoms with Gasteiger partial charge in [-0.15, -0.1) is 10.2 Å². The summed E-state index contributed by atoms with van der Waals surface area (Å²) >= 11 is 0. The maximum atomic E-state index is 13.3. The Morgan fingerprint density at radius 2 is 1.78 bits per heavy atom. The molecule has 2 atom stereocenters. The van der Waals surface area contributed by atoms with Crippen LogP contribution in [0.25, 0.3) is 5.69 Å². The van der Waals surface area contributed by atoms with Gasteiger partial charge in [0.25, 0.3) is 0 Å². The molecule has 1 aliphatic heterocycles. The van der Waals surface area contributed by atoms with Crippen molar-refractivity contribution in [3.05, 3.63) is 47.8 Å².